The number of benzene rings is 4. The predicted octanol–water partition coefficient (Wildman–Crippen LogP) is 20.5. The van der Waals surface area contributed by atoms with Crippen LogP contribution in [0.5, 0.6) is 0 Å². The van der Waals surface area contributed by atoms with Crippen molar-refractivity contribution in [1.29, 1.82) is 1.28 Å². The van der Waals surface area contributed by atoms with Crippen molar-refractivity contribution in [3.05, 3.63) is 166 Å². The number of hydrogen-bond acceptors (Lipinski definition) is 26. The number of nitrogens with two attached hydrogens (primary N) is 2. The molecule has 14 heterocycles. The summed E-state index contributed by atoms with van der Waals surface area (Å²) in [5.74, 6) is -3.27. The quantitative estimate of drug-likeness (QED) is 0.0320. The van der Waals surface area contributed by atoms with Crippen molar-refractivity contribution in [3.8, 4) is 33.8 Å². The Morgan fingerprint density at radius 3 is 1.31 bits per heavy atom. The van der Waals surface area contributed by atoms with Crippen LogP contribution in [0.1, 0.15) is 160 Å². The number of aryl methyl sites for hydroxylation is 7. The van der Waals surface area contributed by atoms with Gasteiger partial charge in [-0.15, -0.1) is 0 Å². The Morgan fingerprint density at radius 2 is 0.961 bits per heavy atom. The first-order valence-corrected chi connectivity index (χ1v) is 49.4. The van der Waals surface area contributed by atoms with E-state index in [0.29, 0.717) is 33.4 Å². The van der Waals surface area contributed by atoms with Crippen molar-refractivity contribution in [2.75, 3.05) is 48.5 Å². The molecule has 4 aromatic carbocycles. The average molecular weight is 1950 g/mol. The van der Waals surface area contributed by atoms with Gasteiger partial charge in [-0.05, 0) is 243 Å². The van der Waals surface area contributed by atoms with Crippen LogP contribution < -0.4 is 22.1 Å². The molecule has 3 aliphatic carbocycles. The third-order valence-electron chi connectivity index (χ3n) is 20.8. The van der Waals surface area contributed by atoms with Crippen molar-refractivity contribution >= 4 is 189 Å². The first-order chi connectivity index (χ1) is 61.5. The number of H-pyrrole nitrogens is 2. The first-order valence-electron chi connectivity index (χ1n) is 41.9. The number of aliphatic carboxylic acids is 1. The van der Waals surface area contributed by atoms with Crippen LogP contribution in [0.3, 0.4) is 0 Å². The number of aromatic amines is 2. The summed E-state index contributed by atoms with van der Waals surface area (Å²) < 4.78 is 82.4. The molecule has 127 heavy (non-hydrogen) atoms. The van der Waals surface area contributed by atoms with Crippen molar-refractivity contribution < 1.29 is 51.6 Å². The number of carbonyl (C=O) groups is 3. The molecule has 7 fully saturated rings. The standard InChI is InChI=1S/C20H21FN4O2S.C16H18N4OS.C15H13FN4OS.C9H13BrN2O.C9H14N2O.C8H8N2S.C4H5FO2.C4H6N2.BHNS.H2P2S/c1-11-10-25(17-4-2-3-7-27-17)24-18(11)12-5-6-15-16(8-12)28-20(22-15)23-19(26)13-9-14(13)21;1-10-9-20(14-4-2-3-7-21-14)19-15(10)11-5-6-12-13(8-11)22-16(17)18-12;1-7-6-17-20-13(7)8-2-3-11-12(4-8)22-15(18-11)19-14(21)9-5-10(9)16;1-7-6-12(11-9(7)10)8-4-2-3-5-13-8;1-8-6-10-11(7-8)9-4-2-3-5-12-9;1-5-2-3-6-7(4-5)11-8(9)10-6;5-3-1-2(3)4(6)7;1-4-2-5-6-3-4;2*1-2-3/h5-6,8,10,13-14,17H,2-4,7,9H2,1H3,(H,22,23,26);5-6,8-9,14H,2-4,7H2,1H3,(H2,17,18);2-4,6,9-10H,5H2,1H3,(H,17,20)(H,18,19,21);6,8H,2-5H2,1H3;6-7,9H,2-5H2,1H3;2-4H,1H3,(H2,9,10);2-3H,1H2,(H,6,7);2-3H,1H3,(H,5,6);3H;1H2/p+1/t13-,14+,17?;;9-,10+;;;;2-,3+;;;/m1.1...1.../s1/i/hT. The molecular formula is C85H102BBrF3N21O8P2S6+. The number of halogens is 4. The van der Waals surface area contributed by atoms with Crippen LogP contribution in [0.15, 0.2) is 131 Å². The Labute approximate surface area is 773 Å². The second kappa shape index (κ2) is 47.0. The number of carboxylic acid groups (broad SMARTS) is 1. The molecule has 42 heteroatoms. The number of carbonyl (C=O) groups excluding carboxylic acids is 2. The molecule has 6 unspecified atom stereocenters. The van der Waals surface area contributed by atoms with Gasteiger partial charge in [0.05, 0.1) is 103 Å². The maximum atomic E-state index is 13.1. The van der Waals surface area contributed by atoms with Crippen LogP contribution in [0.25, 0.3) is 74.6 Å². The van der Waals surface area contributed by atoms with Gasteiger partial charge >= 0.3 is 32.0 Å². The SMILES string of the molecule is Cc1ccc2nc(N)sc2c1.Cc1cn(C2CCCCO2)nc1-c1ccc2nc(N)sc2c1.Cc1cn(C2CCCCO2)nc1-c1ccc2nc(NC(=O)[C@@H]3C[C@@H]3F)sc2c1.Cc1cn(C2CCCCO2)nc1Br.Cc1cn[nH]c1.Cc1cn[nH]c1-c1ccc2nc(NC(=O)[C@@H]3C[C@@H]3F)sc2c1.Cc1cnn(C2CCCCO2)c1.O=C(O)[C@@H]1C[C@@H]1F.[3H][P+](P)=S.[B]=NS. The fourth-order valence-corrected chi connectivity index (χ4v) is 17.5. The molecule has 29 nitrogen and oxygen atoms in total. The molecular weight excluding hydrogens is 1850 g/mol. The molecule has 10 aromatic heterocycles. The van der Waals surface area contributed by atoms with Gasteiger partial charge in [0, 0.05) is 79.7 Å². The molecule has 4 aliphatic heterocycles. The summed E-state index contributed by atoms with van der Waals surface area (Å²) in [4.78, 5) is 50.7. The van der Waals surface area contributed by atoms with Crippen LogP contribution in [0.4, 0.5) is 33.7 Å². The van der Waals surface area contributed by atoms with Crippen molar-refractivity contribution in [2.45, 2.75) is 188 Å². The summed E-state index contributed by atoms with van der Waals surface area (Å²) in [6.07, 6.45) is 27.3. The van der Waals surface area contributed by atoms with E-state index in [2.05, 4.69) is 161 Å². The summed E-state index contributed by atoms with van der Waals surface area (Å²) >= 11 is 16.7. The van der Waals surface area contributed by atoms with Crippen LogP contribution in [-0.4, -0.2) is 156 Å². The molecule has 4 saturated heterocycles. The fraction of sp³-hybridized carbons (Fsp3) is 0.424. The van der Waals surface area contributed by atoms with E-state index in [9.17, 15) is 27.6 Å². The maximum absolute atomic E-state index is 13.1. The zero-order valence-electron chi connectivity index (χ0n) is 72.0. The number of carboxylic acids is 1. The number of hydrogen-bond donors (Lipinski definition) is 8. The molecule has 671 valence electrons. The summed E-state index contributed by atoms with van der Waals surface area (Å²) in [6, 6.07) is 24.2. The summed E-state index contributed by atoms with van der Waals surface area (Å²) in [7, 11) is 6.54. The van der Waals surface area contributed by atoms with Gasteiger partial charge in [-0.1, -0.05) is 69.6 Å². The second-order valence-electron chi connectivity index (χ2n) is 31.1. The number of ether oxygens (including phenoxy) is 4. The van der Waals surface area contributed by atoms with E-state index in [0.717, 1.165) is 168 Å². The number of aromatic nitrogens is 16. The number of rotatable bonds is 12. The van der Waals surface area contributed by atoms with Gasteiger partial charge in [-0.25, -0.2) is 51.8 Å². The Balaban J connectivity index is 0.000000136. The third kappa shape index (κ3) is 28.0. The minimum absolute atomic E-state index is 0.0110. The second-order valence-corrected chi connectivity index (χ2v) is 39.0. The van der Waals surface area contributed by atoms with Gasteiger partial charge in [0.2, 0.25) is 11.8 Å². The molecule has 7 aliphatic rings. The first kappa shape index (κ1) is 95.6. The molecule has 9 N–H and O–H groups in total. The van der Waals surface area contributed by atoms with Gasteiger partial charge in [-0.2, -0.15) is 30.6 Å². The number of alkyl halides is 3. The fourth-order valence-electron chi connectivity index (χ4n) is 13.8. The normalized spacial score (nSPS) is 20.7. The van der Waals surface area contributed by atoms with Crippen molar-refractivity contribution in [3.63, 3.8) is 0 Å². The number of anilines is 4. The number of nitrogens with one attached hydrogen (secondary N) is 4. The zero-order valence-corrected chi connectivity index (χ0v) is 79.6. The van der Waals surface area contributed by atoms with E-state index in [1.54, 1.807) is 12.4 Å². The van der Waals surface area contributed by atoms with E-state index in [1.807, 2.05) is 139 Å². The molecule has 12 atom stereocenters. The van der Waals surface area contributed by atoms with Crippen LogP contribution in [0.2, 0.25) is 0 Å². The van der Waals surface area contributed by atoms with Gasteiger partial charge in [0.15, 0.2) is 39.3 Å². The van der Waals surface area contributed by atoms with E-state index in [4.69, 9.17) is 47.0 Å². The van der Waals surface area contributed by atoms with Crippen molar-refractivity contribution in [1.82, 2.24) is 79.5 Å². The van der Waals surface area contributed by atoms with Crippen LogP contribution >= 0.6 is 90.0 Å². The van der Waals surface area contributed by atoms with Gasteiger partial charge < -0.3 is 46.2 Å². The molecule has 14 aromatic rings. The Hall–Kier alpha value is -9.02. The Morgan fingerprint density at radius 1 is 0.559 bits per heavy atom. The van der Waals surface area contributed by atoms with E-state index in [-0.39, 0.29) is 43.1 Å². The number of thiazole rings is 4. The third-order valence-corrected chi connectivity index (χ3v) is 25.2. The number of fused-ring (bicyclic) bond motifs is 4. The molecule has 0 bridgehead atoms. The topological polar surface area (TPSA) is 377 Å². The van der Waals surface area contributed by atoms with E-state index >= 15 is 0 Å². The number of nitrogen functional groups attached to an aromatic ring is 2. The molecule has 3 saturated carbocycles. The van der Waals surface area contributed by atoms with Gasteiger partial charge in [-0.3, -0.25) is 24.6 Å². The number of nitrogens with zero attached hydrogens (tertiary/aromatic N) is 15. The van der Waals surface area contributed by atoms with E-state index in [1.165, 1.54) is 98.8 Å². The summed E-state index contributed by atoms with van der Waals surface area (Å²) in [6.45, 7) is 16.7. The van der Waals surface area contributed by atoms with Crippen LogP contribution in [-0.2, 0) is 45.1 Å². The Kier molecular flexibility index (Phi) is 35.4. The van der Waals surface area contributed by atoms with Crippen LogP contribution in [0, 0.1) is 66.2 Å². The average Bonchev–Trinajstić information content (AvgIpc) is 1.65. The monoisotopic (exact) mass is 1950 g/mol. The predicted molar refractivity (Wildman–Crippen MR) is 513 cm³/mol. The molecule has 0 spiro atoms. The van der Waals surface area contributed by atoms with Crippen molar-refractivity contribution in [2.24, 2.45) is 22.1 Å². The Bertz CT molecular complexity index is 6010. The number of thiol groups is 1. The van der Waals surface area contributed by atoms with E-state index < -0.39 is 49.2 Å². The molecule has 21 rings (SSSR count). The zero-order chi connectivity index (χ0) is 91.2. The molecule has 2 amide bonds. The minimum atomic E-state index is -1.06. The summed E-state index contributed by atoms with van der Waals surface area (Å²) in [5, 5.41) is 47.2. The summed E-state index contributed by atoms with van der Waals surface area (Å²) in [5.41, 5.74) is 29.0. The van der Waals surface area contributed by atoms with Gasteiger partial charge in [0.1, 0.15) is 48.0 Å². The van der Waals surface area contributed by atoms with Gasteiger partial charge in [0.25, 0.3) is 0 Å². The number of amides is 2. The molecule has 1 radical (unpaired) electrons.